The van der Waals surface area contributed by atoms with Gasteiger partial charge in [-0.1, -0.05) is 37.5 Å². The summed E-state index contributed by atoms with van der Waals surface area (Å²) in [7, 11) is 0. The van der Waals surface area contributed by atoms with Crippen LogP contribution in [0, 0.1) is 0 Å². The molecule has 3 aliphatic rings. The zero-order valence-electron chi connectivity index (χ0n) is 13.0. The van der Waals surface area contributed by atoms with E-state index in [1.54, 1.807) is 0 Å². The van der Waals surface area contributed by atoms with Crippen molar-refractivity contribution in [1.29, 1.82) is 0 Å². The summed E-state index contributed by atoms with van der Waals surface area (Å²) in [5.41, 5.74) is 1.54. The SMILES string of the molecule is CC1(C)COC([C@@H]2N(c3ccccc3)C23CCCCC3)=N1. The minimum absolute atomic E-state index is 0.0594. The van der Waals surface area contributed by atoms with Gasteiger partial charge in [-0.2, -0.15) is 0 Å². The van der Waals surface area contributed by atoms with Crippen LogP contribution in [0.5, 0.6) is 0 Å². The molecule has 2 aliphatic heterocycles. The van der Waals surface area contributed by atoms with Crippen LogP contribution < -0.4 is 4.90 Å². The van der Waals surface area contributed by atoms with Crippen LogP contribution in [-0.2, 0) is 4.74 Å². The highest BCUT2D eigenvalue weighted by Gasteiger charge is 2.66. The van der Waals surface area contributed by atoms with E-state index in [0.29, 0.717) is 6.04 Å². The second kappa shape index (κ2) is 4.49. The first kappa shape index (κ1) is 13.2. The molecule has 0 radical (unpaired) electrons. The van der Waals surface area contributed by atoms with Crippen LogP contribution in [0.15, 0.2) is 35.3 Å². The fourth-order valence-corrected chi connectivity index (χ4v) is 4.14. The summed E-state index contributed by atoms with van der Waals surface area (Å²) in [5.74, 6) is 0.978. The van der Waals surface area contributed by atoms with E-state index in [2.05, 4.69) is 49.1 Å². The maximum Gasteiger partial charge on any atom is 0.209 e. The summed E-state index contributed by atoms with van der Waals surface area (Å²) >= 11 is 0. The van der Waals surface area contributed by atoms with Crippen LogP contribution in [0.3, 0.4) is 0 Å². The third kappa shape index (κ3) is 2.05. The highest BCUT2D eigenvalue weighted by atomic mass is 16.5. The number of rotatable bonds is 2. The third-order valence-electron chi connectivity index (χ3n) is 5.15. The lowest BCUT2D eigenvalue weighted by Gasteiger charge is -2.22. The van der Waals surface area contributed by atoms with Crippen molar-refractivity contribution in [2.24, 2.45) is 4.99 Å². The monoisotopic (exact) mass is 284 g/mol. The molecule has 21 heavy (non-hydrogen) atoms. The molecule has 112 valence electrons. The molecule has 1 aromatic carbocycles. The molecule has 1 aliphatic carbocycles. The number of aliphatic imine (C=N–C) groups is 1. The van der Waals surface area contributed by atoms with Crippen molar-refractivity contribution in [3.8, 4) is 0 Å². The van der Waals surface area contributed by atoms with Gasteiger partial charge in [-0.15, -0.1) is 0 Å². The second-order valence-corrected chi connectivity index (χ2v) is 7.32. The van der Waals surface area contributed by atoms with E-state index in [9.17, 15) is 0 Å². The lowest BCUT2D eigenvalue weighted by Crippen LogP contribution is -2.24. The Morgan fingerprint density at radius 2 is 1.81 bits per heavy atom. The first-order valence-electron chi connectivity index (χ1n) is 8.19. The molecule has 0 amide bonds. The van der Waals surface area contributed by atoms with Crippen molar-refractivity contribution in [2.45, 2.75) is 63.1 Å². The van der Waals surface area contributed by atoms with Gasteiger partial charge in [0.15, 0.2) is 0 Å². The standard InChI is InChI=1S/C18H24N2O/c1-17(2)13-21-16(19-17)15-18(11-7-4-8-12-18)20(15)14-9-5-3-6-10-14/h3,5-6,9-10,15H,4,7-8,11-13H2,1-2H3/t15-,20?/m0/s1. The fourth-order valence-electron chi connectivity index (χ4n) is 4.14. The van der Waals surface area contributed by atoms with Gasteiger partial charge in [0, 0.05) is 5.69 Å². The van der Waals surface area contributed by atoms with E-state index >= 15 is 0 Å². The van der Waals surface area contributed by atoms with Crippen molar-refractivity contribution in [3.63, 3.8) is 0 Å². The van der Waals surface area contributed by atoms with E-state index in [-0.39, 0.29) is 11.1 Å². The normalized spacial score (nSPS) is 29.1. The maximum absolute atomic E-state index is 5.98. The Labute approximate surface area is 127 Å². The van der Waals surface area contributed by atoms with Crippen LogP contribution in [0.2, 0.25) is 0 Å². The van der Waals surface area contributed by atoms with Crippen LogP contribution in [0.4, 0.5) is 5.69 Å². The van der Waals surface area contributed by atoms with Gasteiger partial charge in [0.1, 0.15) is 12.6 Å². The smallest absolute Gasteiger partial charge is 0.209 e. The Morgan fingerprint density at radius 1 is 1.10 bits per heavy atom. The van der Waals surface area contributed by atoms with Crippen molar-refractivity contribution >= 4 is 11.6 Å². The number of benzene rings is 1. The molecule has 4 rings (SSSR count). The highest BCUT2D eigenvalue weighted by Crippen LogP contribution is 2.55. The topological polar surface area (TPSA) is 24.6 Å². The number of hydrogen-bond donors (Lipinski definition) is 0. The van der Waals surface area contributed by atoms with Crippen molar-refractivity contribution in [3.05, 3.63) is 30.3 Å². The first-order chi connectivity index (χ1) is 10.1. The third-order valence-corrected chi connectivity index (χ3v) is 5.15. The second-order valence-electron chi connectivity index (χ2n) is 7.32. The molecule has 1 saturated carbocycles. The largest absolute Gasteiger partial charge is 0.477 e. The van der Waals surface area contributed by atoms with Crippen LogP contribution >= 0.6 is 0 Å². The molecule has 1 spiro atoms. The van der Waals surface area contributed by atoms with Crippen LogP contribution in [0.1, 0.15) is 46.0 Å². The lowest BCUT2D eigenvalue weighted by molar-refractivity contribution is 0.272. The minimum atomic E-state index is -0.0594. The molecular formula is C18H24N2O. The van der Waals surface area contributed by atoms with Crippen molar-refractivity contribution in [2.75, 3.05) is 11.5 Å². The van der Waals surface area contributed by atoms with E-state index < -0.39 is 0 Å². The van der Waals surface area contributed by atoms with E-state index in [4.69, 9.17) is 9.73 Å². The minimum Gasteiger partial charge on any atom is -0.477 e. The molecule has 1 saturated heterocycles. The number of ether oxygens (including phenoxy) is 1. The van der Waals surface area contributed by atoms with E-state index in [1.807, 2.05) is 0 Å². The average Bonchev–Trinajstić information content (AvgIpc) is 2.96. The highest BCUT2D eigenvalue weighted by molar-refractivity contribution is 5.95. The molecule has 0 aromatic heterocycles. The molecule has 3 heteroatoms. The van der Waals surface area contributed by atoms with Gasteiger partial charge in [0.2, 0.25) is 5.90 Å². The van der Waals surface area contributed by atoms with E-state index in [0.717, 1.165) is 12.5 Å². The Kier molecular flexibility index (Phi) is 2.82. The molecule has 0 N–H and O–H groups in total. The van der Waals surface area contributed by atoms with Crippen LogP contribution in [-0.4, -0.2) is 29.6 Å². The Morgan fingerprint density at radius 3 is 2.43 bits per heavy atom. The molecular weight excluding hydrogens is 260 g/mol. The number of para-hydroxylation sites is 1. The Balaban J connectivity index is 1.68. The summed E-state index contributed by atoms with van der Waals surface area (Å²) < 4.78 is 5.98. The predicted octanol–water partition coefficient (Wildman–Crippen LogP) is 3.79. The average molecular weight is 284 g/mol. The number of anilines is 1. The zero-order chi connectivity index (χ0) is 14.5. The Bertz CT molecular complexity index is 558. The van der Waals surface area contributed by atoms with Gasteiger partial charge in [0.25, 0.3) is 0 Å². The molecule has 0 unspecified atom stereocenters. The molecule has 1 aromatic rings. The quantitative estimate of drug-likeness (QED) is 0.772. The summed E-state index contributed by atoms with van der Waals surface area (Å²) in [6.45, 7) is 5.03. The number of nitrogens with zero attached hydrogens (tertiary/aromatic N) is 2. The van der Waals surface area contributed by atoms with Crippen molar-refractivity contribution in [1.82, 2.24) is 0 Å². The summed E-state index contributed by atoms with van der Waals surface area (Å²) in [5, 5.41) is 0. The zero-order valence-corrected chi connectivity index (χ0v) is 13.0. The molecule has 2 fully saturated rings. The fraction of sp³-hybridized carbons (Fsp3) is 0.611. The Hall–Kier alpha value is -1.51. The lowest BCUT2D eigenvalue weighted by atomic mass is 9.85. The molecule has 2 heterocycles. The predicted molar refractivity (Wildman–Crippen MR) is 86.0 cm³/mol. The summed E-state index contributed by atoms with van der Waals surface area (Å²) in [6, 6.07) is 11.1. The van der Waals surface area contributed by atoms with Crippen LogP contribution in [0.25, 0.3) is 0 Å². The van der Waals surface area contributed by atoms with Gasteiger partial charge >= 0.3 is 0 Å². The van der Waals surface area contributed by atoms with Gasteiger partial charge in [0.05, 0.1) is 11.1 Å². The van der Waals surface area contributed by atoms with Gasteiger partial charge in [-0.3, -0.25) is 0 Å². The molecule has 3 nitrogen and oxygen atoms in total. The summed E-state index contributed by atoms with van der Waals surface area (Å²) in [6.07, 6.45) is 6.58. The van der Waals surface area contributed by atoms with E-state index in [1.165, 1.54) is 37.8 Å². The van der Waals surface area contributed by atoms with Crippen molar-refractivity contribution < 1.29 is 4.74 Å². The summed E-state index contributed by atoms with van der Waals surface area (Å²) in [4.78, 5) is 7.42. The maximum atomic E-state index is 5.98. The first-order valence-corrected chi connectivity index (χ1v) is 8.19. The van der Waals surface area contributed by atoms with Gasteiger partial charge in [-0.05, 0) is 38.8 Å². The van der Waals surface area contributed by atoms with Gasteiger partial charge < -0.3 is 9.64 Å². The molecule has 0 bridgehead atoms. The molecule has 1 atom stereocenters. The van der Waals surface area contributed by atoms with Gasteiger partial charge in [-0.25, -0.2) is 4.99 Å². The number of hydrogen-bond acceptors (Lipinski definition) is 3.